The Morgan fingerprint density at radius 2 is 1.92 bits per heavy atom. The van der Waals surface area contributed by atoms with Gasteiger partial charge in [0.25, 0.3) is 11.8 Å². The molecule has 0 saturated carbocycles. The van der Waals surface area contributed by atoms with Gasteiger partial charge in [-0.2, -0.15) is 0 Å². The maximum absolute atomic E-state index is 12.3. The molecule has 0 saturated heterocycles. The molecule has 2 amide bonds. The van der Waals surface area contributed by atoms with E-state index in [0.717, 1.165) is 0 Å². The molecule has 0 fully saturated rings. The molecule has 26 heavy (non-hydrogen) atoms. The zero-order valence-corrected chi connectivity index (χ0v) is 14.4. The van der Waals surface area contributed by atoms with Crippen molar-refractivity contribution in [3.05, 3.63) is 47.5 Å². The van der Waals surface area contributed by atoms with Crippen LogP contribution < -0.4 is 10.6 Å². The molecular weight excluding hydrogens is 340 g/mol. The lowest BCUT2D eigenvalue weighted by atomic mass is 10.2. The first-order chi connectivity index (χ1) is 12.4. The van der Waals surface area contributed by atoms with Crippen LogP contribution in [-0.2, 0) is 4.74 Å². The maximum atomic E-state index is 12.3. The highest BCUT2D eigenvalue weighted by molar-refractivity contribution is 6.10. The van der Waals surface area contributed by atoms with Crippen molar-refractivity contribution < 1.29 is 24.2 Å². The lowest BCUT2D eigenvalue weighted by Crippen LogP contribution is -2.32. The summed E-state index contributed by atoms with van der Waals surface area (Å²) < 4.78 is 4.89. The number of nitrogens with one attached hydrogen (secondary N) is 3. The number of anilines is 1. The van der Waals surface area contributed by atoms with Crippen molar-refractivity contribution >= 4 is 23.5 Å². The number of nitrogens with zero attached hydrogens (tertiary/aromatic N) is 1. The van der Waals surface area contributed by atoms with E-state index >= 15 is 0 Å². The molecule has 1 heterocycles. The van der Waals surface area contributed by atoms with Crippen molar-refractivity contribution in [3.63, 3.8) is 0 Å². The summed E-state index contributed by atoms with van der Waals surface area (Å²) in [5, 5.41) is 14.3. The van der Waals surface area contributed by atoms with Crippen LogP contribution in [0.4, 0.5) is 5.69 Å². The van der Waals surface area contributed by atoms with Crippen LogP contribution >= 0.6 is 0 Å². The zero-order valence-electron chi connectivity index (χ0n) is 14.4. The van der Waals surface area contributed by atoms with E-state index in [1.54, 1.807) is 19.1 Å². The number of hydrogen-bond acceptors (Lipinski definition) is 6. The maximum Gasteiger partial charge on any atom is 0.338 e. The van der Waals surface area contributed by atoms with E-state index in [-0.39, 0.29) is 24.5 Å². The Balaban J connectivity index is 2.05. The number of benzene rings is 1. The standard InChI is InChI=1S/C17H20N4O5/c1-3-26-17(25)11-4-6-12(7-5-11)21-16(24)14-13(19-9-20-14)15(23)18-8-10(2)22/h4-7,9-10,22H,3,8H2,1-2H3,(H,18,23)(H,19,20)(H,21,24)/t10-/m0/s1. The van der Waals surface area contributed by atoms with Crippen LogP contribution in [0.3, 0.4) is 0 Å². The number of esters is 1. The van der Waals surface area contributed by atoms with Gasteiger partial charge in [0, 0.05) is 12.2 Å². The van der Waals surface area contributed by atoms with Gasteiger partial charge in [0.1, 0.15) is 5.69 Å². The first kappa shape index (κ1) is 19.1. The fourth-order valence-electron chi connectivity index (χ4n) is 2.06. The third-order valence-corrected chi connectivity index (χ3v) is 3.29. The Labute approximate surface area is 149 Å². The highest BCUT2D eigenvalue weighted by Crippen LogP contribution is 2.13. The van der Waals surface area contributed by atoms with Gasteiger partial charge in [0.2, 0.25) is 0 Å². The van der Waals surface area contributed by atoms with Crippen LogP contribution in [0, 0.1) is 0 Å². The van der Waals surface area contributed by atoms with Gasteiger partial charge < -0.3 is 25.5 Å². The van der Waals surface area contributed by atoms with Crippen LogP contribution in [0.1, 0.15) is 45.2 Å². The number of rotatable bonds is 7. The first-order valence-corrected chi connectivity index (χ1v) is 8.00. The zero-order chi connectivity index (χ0) is 19.1. The summed E-state index contributed by atoms with van der Waals surface area (Å²) >= 11 is 0. The third-order valence-electron chi connectivity index (χ3n) is 3.29. The molecule has 9 heteroatoms. The Morgan fingerprint density at radius 3 is 2.54 bits per heavy atom. The first-order valence-electron chi connectivity index (χ1n) is 8.00. The van der Waals surface area contributed by atoms with Gasteiger partial charge in [0.15, 0.2) is 5.69 Å². The molecule has 2 aromatic rings. The van der Waals surface area contributed by atoms with Crippen molar-refractivity contribution in [1.29, 1.82) is 0 Å². The van der Waals surface area contributed by atoms with Gasteiger partial charge in [-0.25, -0.2) is 9.78 Å². The van der Waals surface area contributed by atoms with E-state index in [2.05, 4.69) is 20.6 Å². The van der Waals surface area contributed by atoms with E-state index in [0.29, 0.717) is 11.3 Å². The topological polar surface area (TPSA) is 133 Å². The number of hydrogen-bond donors (Lipinski definition) is 4. The molecule has 0 aliphatic rings. The van der Waals surface area contributed by atoms with Crippen molar-refractivity contribution in [1.82, 2.24) is 15.3 Å². The molecule has 1 aromatic heterocycles. The second-order valence-electron chi connectivity index (χ2n) is 5.44. The number of aromatic nitrogens is 2. The predicted octanol–water partition coefficient (Wildman–Crippen LogP) is 0.949. The van der Waals surface area contributed by atoms with Crippen LogP contribution in [0.2, 0.25) is 0 Å². The van der Waals surface area contributed by atoms with E-state index in [9.17, 15) is 19.5 Å². The molecule has 4 N–H and O–H groups in total. The van der Waals surface area contributed by atoms with Gasteiger partial charge in [0.05, 0.1) is 24.6 Å². The summed E-state index contributed by atoms with van der Waals surface area (Å²) in [7, 11) is 0. The van der Waals surface area contributed by atoms with Crippen molar-refractivity contribution in [2.75, 3.05) is 18.5 Å². The lowest BCUT2D eigenvalue weighted by Gasteiger charge is -2.08. The lowest BCUT2D eigenvalue weighted by molar-refractivity contribution is 0.0526. The van der Waals surface area contributed by atoms with Crippen LogP contribution in [0.25, 0.3) is 0 Å². The number of aliphatic hydroxyl groups excluding tert-OH is 1. The number of aromatic amines is 1. The minimum Gasteiger partial charge on any atom is -0.462 e. The SMILES string of the molecule is CCOC(=O)c1ccc(NC(=O)c2nc[nH]c2C(=O)NC[C@H](C)O)cc1. The summed E-state index contributed by atoms with van der Waals surface area (Å²) in [5.74, 6) is -1.58. The van der Waals surface area contributed by atoms with Gasteiger partial charge in [-0.15, -0.1) is 0 Å². The largest absolute Gasteiger partial charge is 0.462 e. The second kappa shape index (κ2) is 8.77. The minimum absolute atomic E-state index is 0.00806. The number of amides is 2. The Morgan fingerprint density at radius 1 is 1.23 bits per heavy atom. The summed E-state index contributed by atoms with van der Waals surface area (Å²) in [5.41, 5.74) is 0.707. The smallest absolute Gasteiger partial charge is 0.338 e. The third kappa shape index (κ3) is 4.90. The van der Waals surface area contributed by atoms with Crippen molar-refractivity contribution in [2.45, 2.75) is 20.0 Å². The number of carbonyl (C=O) groups excluding carboxylic acids is 3. The number of ether oxygens (including phenoxy) is 1. The average Bonchev–Trinajstić information content (AvgIpc) is 3.10. The molecule has 0 aliphatic heterocycles. The molecule has 0 unspecified atom stereocenters. The van der Waals surface area contributed by atoms with Gasteiger partial charge in [-0.1, -0.05) is 0 Å². The highest BCUT2D eigenvalue weighted by atomic mass is 16.5. The van der Waals surface area contributed by atoms with Gasteiger partial charge >= 0.3 is 5.97 Å². The van der Waals surface area contributed by atoms with Gasteiger partial charge in [-0.05, 0) is 38.1 Å². The molecule has 1 aromatic carbocycles. The van der Waals surface area contributed by atoms with Crippen molar-refractivity contribution in [2.24, 2.45) is 0 Å². The molecule has 1 atom stereocenters. The van der Waals surface area contributed by atoms with Gasteiger partial charge in [-0.3, -0.25) is 9.59 Å². The number of imidazole rings is 1. The Hall–Kier alpha value is -3.20. The second-order valence-corrected chi connectivity index (χ2v) is 5.44. The van der Waals surface area contributed by atoms with Crippen LogP contribution in [-0.4, -0.2) is 52.1 Å². The van der Waals surface area contributed by atoms with E-state index < -0.39 is 23.9 Å². The summed E-state index contributed by atoms with van der Waals surface area (Å²) in [6.07, 6.45) is 0.521. The molecule has 0 bridgehead atoms. The number of aliphatic hydroxyl groups is 1. The monoisotopic (exact) mass is 360 g/mol. The average molecular weight is 360 g/mol. The molecule has 0 aliphatic carbocycles. The Bertz CT molecular complexity index is 783. The molecule has 138 valence electrons. The predicted molar refractivity (Wildman–Crippen MR) is 93.0 cm³/mol. The fourth-order valence-corrected chi connectivity index (χ4v) is 2.06. The van der Waals surface area contributed by atoms with Crippen LogP contribution in [0.5, 0.6) is 0 Å². The fraction of sp³-hybridized carbons (Fsp3) is 0.294. The normalized spacial score (nSPS) is 11.5. The summed E-state index contributed by atoms with van der Waals surface area (Å²) in [6.45, 7) is 3.57. The molecule has 2 rings (SSSR count). The van der Waals surface area contributed by atoms with Crippen molar-refractivity contribution in [3.8, 4) is 0 Å². The molecule has 9 nitrogen and oxygen atoms in total. The number of carbonyl (C=O) groups is 3. The van der Waals surface area contributed by atoms with E-state index in [1.807, 2.05) is 0 Å². The minimum atomic E-state index is -0.711. The molecular formula is C17H20N4O5. The summed E-state index contributed by atoms with van der Waals surface area (Å²) in [6, 6.07) is 6.14. The van der Waals surface area contributed by atoms with E-state index in [1.165, 1.54) is 25.4 Å². The highest BCUT2D eigenvalue weighted by Gasteiger charge is 2.20. The van der Waals surface area contributed by atoms with E-state index in [4.69, 9.17) is 4.74 Å². The summed E-state index contributed by atoms with van der Waals surface area (Å²) in [4.78, 5) is 42.5. The van der Waals surface area contributed by atoms with Crippen LogP contribution in [0.15, 0.2) is 30.6 Å². The molecule has 0 radical (unpaired) electrons. The quantitative estimate of drug-likeness (QED) is 0.543. The number of H-pyrrole nitrogens is 1. The molecule has 0 spiro atoms. The Kier molecular flexibility index (Phi) is 6.45.